The van der Waals surface area contributed by atoms with Gasteiger partial charge in [-0.1, -0.05) is 54.6 Å². The van der Waals surface area contributed by atoms with Gasteiger partial charge in [-0.25, -0.2) is 4.98 Å². The lowest BCUT2D eigenvalue weighted by Crippen LogP contribution is -2.49. The van der Waals surface area contributed by atoms with Crippen LogP contribution in [-0.2, 0) is 28.9 Å². The van der Waals surface area contributed by atoms with Gasteiger partial charge < -0.3 is 18.8 Å². The minimum Gasteiger partial charge on any atom is -0.497 e. The fourth-order valence-corrected chi connectivity index (χ4v) is 5.58. The number of hydrogen-bond donors (Lipinski definition) is 0. The molecule has 0 spiro atoms. The summed E-state index contributed by atoms with van der Waals surface area (Å²) in [7, 11) is 1.61. The number of nitrogens with zero attached hydrogens (tertiary/aromatic N) is 4. The number of amides is 1. The average molecular weight is 615 g/mol. The number of fused-ring (bicyclic) bond motifs is 1. The maximum atomic E-state index is 13.5. The summed E-state index contributed by atoms with van der Waals surface area (Å²) >= 11 is 0. The van der Waals surface area contributed by atoms with E-state index in [-0.39, 0.29) is 12.5 Å². The van der Waals surface area contributed by atoms with Crippen molar-refractivity contribution in [1.29, 1.82) is 0 Å². The molecule has 0 atom stereocenters. The lowest BCUT2D eigenvalue weighted by molar-refractivity contribution is -0.138. The van der Waals surface area contributed by atoms with Crippen molar-refractivity contribution in [2.45, 2.75) is 19.3 Å². The second kappa shape index (κ2) is 13.1. The van der Waals surface area contributed by atoms with Crippen LogP contribution in [0.5, 0.6) is 5.75 Å². The molecule has 3 heterocycles. The standard InChI is InChI=1S/C35H33F3N4O3/c1-44-30-12-6-10-27(20-30)34-31(22-40-15-17-41(18-16-40)33(43)24-45-23-25-7-3-2-4-8-25)42-21-28(13-14-32(42)39-34)26-9-5-11-29(19-26)35(36,37)38/h2-14,19-21H,15-18,22-24H2,1H3. The molecule has 6 rings (SSSR count). The second-order valence-electron chi connectivity index (χ2n) is 11.0. The lowest BCUT2D eigenvalue weighted by atomic mass is 10.0. The van der Waals surface area contributed by atoms with Gasteiger partial charge in [0.15, 0.2) is 0 Å². The fourth-order valence-electron chi connectivity index (χ4n) is 5.58. The Bertz CT molecular complexity index is 1780. The first-order chi connectivity index (χ1) is 21.8. The Morgan fingerprint density at radius 2 is 1.60 bits per heavy atom. The Morgan fingerprint density at radius 3 is 2.36 bits per heavy atom. The Morgan fingerprint density at radius 1 is 0.844 bits per heavy atom. The third kappa shape index (κ3) is 7.02. The van der Waals surface area contributed by atoms with Crippen LogP contribution in [0.25, 0.3) is 28.0 Å². The maximum absolute atomic E-state index is 13.5. The monoisotopic (exact) mass is 614 g/mol. The smallest absolute Gasteiger partial charge is 0.416 e. The summed E-state index contributed by atoms with van der Waals surface area (Å²) in [4.78, 5) is 21.9. The predicted octanol–water partition coefficient (Wildman–Crippen LogP) is 6.56. The Balaban J connectivity index is 1.23. The van der Waals surface area contributed by atoms with Gasteiger partial charge in [-0.05, 0) is 53.1 Å². The number of hydrogen-bond acceptors (Lipinski definition) is 5. The van der Waals surface area contributed by atoms with Gasteiger partial charge in [-0.15, -0.1) is 0 Å². The average Bonchev–Trinajstić information content (AvgIpc) is 3.42. The number of piperazine rings is 1. The molecular weight excluding hydrogens is 581 g/mol. The van der Waals surface area contributed by atoms with Crippen molar-refractivity contribution >= 4 is 11.6 Å². The highest BCUT2D eigenvalue weighted by molar-refractivity contribution is 5.77. The Hall–Kier alpha value is -4.67. The van der Waals surface area contributed by atoms with Gasteiger partial charge in [0.1, 0.15) is 18.0 Å². The molecule has 1 aliphatic heterocycles. The molecule has 0 saturated carbocycles. The molecule has 0 radical (unpaired) electrons. The quantitative estimate of drug-likeness (QED) is 0.188. The number of ether oxygens (including phenoxy) is 2. The minimum atomic E-state index is -4.43. The van der Waals surface area contributed by atoms with Crippen LogP contribution in [-0.4, -0.2) is 65.0 Å². The third-order valence-corrected chi connectivity index (χ3v) is 8.02. The molecule has 1 aliphatic rings. The first kappa shape index (κ1) is 30.4. The Kier molecular flexibility index (Phi) is 8.86. The van der Waals surface area contributed by atoms with Crippen LogP contribution >= 0.6 is 0 Å². The second-order valence-corrected chi connectivity index (χ2v) is 11.0. The van der Waals surface area contributed by atoms with E-state index in [9.17, 15) is 18.0 Å². The molecule has 1 saturated heterocycles. The van der Waals surface area contributed by atoms with Crippen molar-refractivity contribution in [2.75, 3.05) is 39.9 Å². The van der Waals surface area contributed by atoms with Crippen LogP contribution in [0.3, 0.4) is 0 Å². The number of carbonyl (C=O) groups is 1. The number of pyridine rings is 1. The summed E-state index contributed by atoms with van der Waals surface area (Å²) in [6.45, 7) is 3.39. The third-order valence-electron chi connectivity index (χ3n) is 8.02. The maximum Gasteiger partial charge on any atom is 0.416 e. The van der Waals surface area contributed by atoms with Gasteiger partial charge >= 0.3 is 6.18 Å². The fraction of sp³-hybridized carbons (Fsp3) is 0.257. The highest BCUT2D eigenvalue weighted by atomic mass is 19.4. The number of alkyl halides is 3. The summed E-state index contributed by atoms with van der Waals surface area (Å²) in [6, 6.07) is 26.4. The first-order valence-electron chi connectivity index (χ1n) is 14.7. The van der Waals surface area contributed by atoms with Crippen molar-refractivity contribution in [3.63, 3.8) is 0 Å². The zero-order chi connectivity index (χ0) is 31.4. The van der Waals surface area contributed by atoms with Crippen LogP contribution in [0, 0.1) is 0 Å². The number of benzene rings is 3. The SMILES string of the molecule is COc1cccc(-c2nc3ccc(-c4cccc(C(F)(F)F)c4)cn3c2CN2CCN(C(=O)COCc3ccccc3)CC2)c1. The molecule has 10 heteroatoms. The molecule has 232 valence electrons. The normalized spacial score (nSPS) is 14.2. The van der Waals surface area contributed by atoms with E-state index in [2.05, 4.69) is 4.90 Å². The zero-order valence-corrected chi connectivity index (χ0v) is 24.8. The van der Waals surface area contributed by atoms with E-state index in [0.29, 0.717) is 61.9 Å². The van der Waals surface area contributed by atoms with Crippen LogP contribution < -0.4 is 4.74 Å². The number of aromatic nitrogens is 2. The van der Waals surface area contributed by atoms with Crippen molar-refractivity contribution < 1.29 is 27.4 Å². The minimum absolute atomic E-state index is 0.0282. The highest BCUT2D eigenvalue weighted by Gasteiger charge is 2.30. The van der Waals surface area contributed by atoms with E-state index in [1.54, 1.807) is 19.2 Å². The van der Waals surface area contributed by atoms with E-state index in [1.807, 2.05) is 76.2 Å². The van der Waals surface area contributed by atoms with Crippen molar-refractivity contribution in [3.05, 3.63) is 114 Å². The van der Waals surface area contributed by atoms with Gasteiger partial charge in [0.2, 0.25) is 5.91 Å². The summed E-state index contributed by atoms with van der Waals surface area (Å²) in [5.41, 5.74) is 4.67. The van der Waals surface area contributed by atoms with Gasteiger partial charge in [0.05, 0.1) is 30.7 Å². The molecule has 45 heavy (non-hydrogen) atoms. The van der Waals surface area contributed by atoms with E-state index >= 15 is 0 Å². The number of methoxy groups -OCH3 is 1. The molecule has 2 aromatic heterocycles. The lowest BCUT2D eigenvalue weighted by Gasteiger charge is -2.34. The van der Waals surface area contributed by atoms with E-state index in [0.717, 1.165) is 28.6 Å². The summed E-state index contributed by atoms with van der Waals surface area (Å²) in [6.07, 6.45) is -2.59. The van der Waals surface area contributed by atoms with Gasteiger partial charge in [-0.2, -0.15) is 13.2 Å². The number of rotatable bonds is 9. The van der Waals surface area contributed by atoms with Crippen LogP contribution in [0.15, 0.2) is 97.2 Å². The molecule has 1 fully saturated rings. The van der Waals surface area contributed by atoms with Crippen LogP contribution in [0.2, 0.25) is 0 Å². The number of carbonyl (C=O) groups excluding carboxylic acids is 1. The van der Waals surface area contributed by atoms with Crippen molar-refractivity contribution in [2.24, 2.45) is 0 Å². The van der Waals surface area contributed by atoms with E-state index in [4.69, 9.17) is 14.5 Å². The largest absolute Gasteiger partial charge is 0.497 e. The first-order valence-corrected chi connectivity index (χ1v) is 14.7. The number of imidazole rings is 1. The van der Waals surface area contributed by atoms with Crippen LogP contribution in [0.4, 0.5) is 13.2 Å². The molecule has 0 aliphatic carbocycles. The molecule has 0 unspecified atom stereocenters. The molecule has 5 aromatic rings. The summed E-state index contributed by atoms with van der Waals surface area (Å²) in [5.74, 6) is 0.657. The Labute approximate surface area is 259 Å². The van der Waals surface area contributed by atoms with E-state index < -0.39 is 11.7 Å². The molecule has 0 bridgehead atoms. The predicted molar refractivity (Wildman–Crippen MR) is 166 cm³/mol. The zero-order valence-electron chi connectivity index (χ0n) is 24.8. The molecule has 0 N–H and O–H groups in total. The van der Waals surface area contributed by atoms with Gasteiger partial charge in [0, 0.05) is 44.5 Å². The molecule has 3 aromatic carbocycles. The number of halogens is 3. The van der Waals surface area contributed by atoms with Crippen molar-refractivity contribution in [1.82, 2.24) is 19.2 Å². The highest BCUT2D eigenvalue weighted by Crippen LogP contribution is 2.34. The van der Waals surface area contributed by atoms with Crippen LogP contribution in [0.1, 0.15) is 16.8 Å². The molecule has 1 amide bonds. The summed E-state index contributed by atoms with van der Waals surface area (Å²) in [5, 5.41) is 0. The molecular formula is C35H33F3N4O3. The van der Waals surface area contributed by atoms with Gasteiger partial charge in [-0.3, -0.25) is 9.69 Å². The molecule has 7 nitrogen and oxygen atoms in total. The topological polar surface area (TPSA) is 59.3 Å². The summed E-state index contributed by atoms with van der Waals surface area (Å²) < 4.78 is 53.5. The van der Waals surface area contributed by atoms with E-state index in [1.165, 1.54) is 12.1 Å². The van der Waals surface area contributed by atoms with Crippen molar-refractivity contribution in [3.8, 4) is 28.1 Å². The van der Waals surface area contributed by atoms with Gasteiger partial charge in [0.25, 0.3) is 0 Å².